The summed E-state index contributed by atoms with van der Waals surface area (Å²) >= 11 is 0. The molecule has 104 valence electrons. The molecule has 1 unspecified atom stereocenters. The Balaban J connectivity index is 1.66. The molecular weight excluding hydrogens is 228 g/mol. The van der Waals surface area contributed by atoms with E-state index < -0.39 is 0 Å². The van der Waals surface area contributed by atoms with Crippen LogP contribution in [0.1, 0.15) is 26.2 Å². The molecule has 18 heavy (non-hydrogen) atoms. The highest BCUT2D eigenvalue weighted by molar-refractivity contribution is 5.72. The molecule has 0 aliphatic carbocycles. The fraction of sp³-hybridized carbons (Fsp3) is 0.929. The zero-order valence-corrected chi connectivity index (χ0v) is 11.7. The molecule has 2 aliphatic heterocycles. The minimum atomic E-state index is 0.181. The molecule has 2 fully saturated rings. The van der Waals surface area contributed by atoms with E-state index >= 15 is 0 Å². The van der Waals surface area contributed by atoms with Crippen molar-refractivity contribution in [2.24, 2.45) is 11.8 Å². The van der Waals surface area contributed by atoms with Gasteiger partial charge in [-0.25, -0.2) is 0 Å². The van der Waals surface area contributed by atoms with Crippen LogP contribution in [0, 0.1) is 11.8 Å². The summed E-state index contributed by atoms with van der Waals surface area (Å²) < 4.78 is 5.43. The molecule has 0 bridgehead atoms. The van der Waals surface area contributed by atoms with Gasteiger partial charge in [-0.1, -0.05) is 0 Å². The average molecular weight is 254 g/mol. The number of likely N-dealkylation sites (tertiary alicyclic amines) is 1. The Hall–Kier alpha value is -0.610. The first-order chi connectivity index (χ1) is 8.65. The largest absolute Gasteiger partial charge is 0.381 e. The van der Waals surface area contributed by atoms with Crippen LogP contribution in [0.3, 0.4) is 0 Å². The summed E-state index contributed by atoms with van der Waals surface area (Å²) in [6.07, 6.45) is 3.68. The molecule has 2 aliphatic rings. The standard InChI is InChI=1S/C14H26N2O2/c1-12(17)15(2)9-13-3-6-16(7-4-13)10-14-5-8-18-11-14/h13-14H,3-11H2,1-2H3. The van der Waals surface area contributed by atoms with Gasteiger partial charge in [-0.3, -0.25) is 4.79 Å². The third-order valence-electron chi connectivity index (χ3n) is 4.32. The third-order valence-corrected chi connectivity index (χ3v) is 4.32. The summed E-state index contributed by atoms with van der Waals surface area (Å²) in [6.45, 7) is 8.05. The Kier molecular flexibility index (Phi) is 5.01. The normalized spacial score (nSPS) is 26.4. The van der Waals surface area contributed by atoms with Gasteiger partial charge in [0, 0.05) is 33.7 Å². The highest BCUT2D eigenvalue weighted by Gasteiger charge is 2.24. The van der Waals surface area contributed by atoms with E-state index in [2.05, 4.69) is 4.90 Å². The van der Waals surface area contributed by atoms with Crippen LogP contribution in [-0.4, -0.2) is 62.1 Å². The molecule has 1 atom stereocenters. The first kappa shape index (κ1) is 13.8. The molecule has 2 heterocycles. The van der Waals surface area contributed by atoms with Crippen LogP contribution in [-0.2, 0) is 9.53 Å². The molecule has 0 radical (unpaired) electrons. The minimum absolute atomic E-state index is 0.181. The number of amides is 1. The van der Waals surface area contributed by atoms with Crippen LogP contribution in [0.2, 0.25) is 0 Å². The quantitative estimate of drug-likeness (QED) is 0.756. The van der Waals surface area contributed by atoms with Crippen molar-refractivity contribution >= 4 is 5.91 Å². The molecule has 0 spiro atoms. The predicted molar refractivity (Wildman–Crippen MR) is 71.4 cm³/mol. The summed E-state index contributed by atoms with van der Waals surface area (Å²) in [5.41, 5.74) is 0. The number of carbonyl (C=O) groups excluding carboxylic acids is 1. The molecule has 0 saturated carbocycles. The SMILES string of the molecule is CC(=O)N(C)CC1CCN(CC2CCOC2)CC1. The van der Waals surface area contributed by atoms with Crippen LogP contribution in [0.25, 0.3) is 0 Å². The number of piperidine rings is 1. The Labute approximate surface area is 110 Å². The van der Waals surface area contributed by atoms with Gasteiger partial charge in [0.25, 0.3) is 0 Å². The van der Waals surface area contributed by atoms with Crippen molar-refractivity contribution in [3.8, 4) is 0 Å². The van der Waals surface area contributed by atoms with E-state index in [1.165, 1.54) is 38.9 Å². The van der Waals surface area contributed by atoms with Crippen molar-refractivity contribution in [3.63, 3.8) is 0 Å². The molecule has 0 N–H and O–H groups in total. The molecule has 1 amide bonds. The first-order valence-corrected chi connectivity index (χ1v) is 7.17. The molecule has 4 heteroatoms. The maximum absolute atomic E-state index is 11.2. The lowest BCUT2D eigenvalue weighted by atomic mass is 9.95. The van der Waals surface area contributed by atoms with Crippen molar-refractivity contribution in [2.45, 2.75) is 26.2 Å². The number of ether oxygens (including phenoxy) is 1. The molecule has 2 rings (SSSR count). The van der Waals surface area contributed by atoms with Crippen LogP contribution >= 0.6 is 0 Å². The third kappa shape index (κ3) is 3.95. The summed E-state index contributed by atoms with van der Waals surface area (Å²) in [7, 11) is 1.91. The molecule has 4 nitrogen and oxygen atoms in total. The highest BCUT2D eigenvalue weighted by atomic mass is 16.5. The average Bonchev–Trinajstić information content (AvgIpc) is 2.84. The van der Waals surface area contributed by atoms with Gasteiger partial charge in [-0.15, -0.1) is 0 Å². The fourth-order valence-corrected chi connectivity index (χ4v) is 2.96. The number of nitrogens with zero attached hydrogens (tertiary/aromatic N) is 2. The van der Waals surface area contributed by atoms with Crippen LogP contribution in [0.4, 0.5) is 0 Å². The van der Waals surface area contributed by atoms with Gasteiger partial charge in [0.05, 0.1) is 6.61 Å². The first-order valence-electron chi connectivity index (χ1n) is 7.17. The zero-order chi connectivity index (χ0) is 13.0. The fourth-order valence-electron chi connectivity index (χ4n) is 2.96. The highest BCUT2D eigenvalue weighted by Crippen LogP contribution is 2.21. The van der Waals surface area contributed by atoms with Gasteiger partial charge in [0.15, 0.2) is 0 Å². The van der Waals surface area contributed by atoms with E-state index in [0.717, 1.165) is 25.7 Å². The van der Waals surface area contributed by atoms with Gasteiger partial charge in [-0.2, -0.15) is 0 Å². The molecule has 0 aromatic carbocycles. The van der Waals surface area contributed by atoms with Gasteiger partial charge < -0.3 is 14.5 Å². The van der Waals surface area contributed by atoms with Crippen LogP contribution in [0.5, 0.6) is 0 Å². The van der Waals surface area contributed by atoms with Crippen molar-refractivity contribution in [2.75, 3.05) is 46.4 Å². The van der Waals surface area contributed by atoms with Gasteiger partial charge in [0.1, 0.15) is 0 Å². The summed E-state index contributed by atoms with van der Waals surface area (Å²) in [5, 5.41) is 0. The van der Waals surface area contributed by atoms with E-state index in [0.29, 0.717) is 5.92 Å². The molecule has 0 aromatic heterocycles. The van der Waals surface area contributed by atoms with E-state index in [-0.39, 0.29) is 5.91 Å². The van der Waals surface area contributed by atoms with E-state index in [4.69, 9.17) is 4.74 Å². The van der Waals surface area contributed by atoms with Crippen LogP contribution in [0.15, 0.2) is 0 Å². The smallest absolute Gasteiger partial charge is 0.219 e. The maximum atomic E-state index is 11.2. The van der Waals surface area contributed by atoms with Crippen molar-refractivity contribution in [3.05, 3.63) is 0 Å². The Morgan fingerprint density at radius 1 is 1.28 bits per heavy atom. The van der Waals surface area contributed by atoms with E-state index in [1.807, 2.05) is 11.9 Å². The van der Waals surface area contributed by atoms with E-state index in [1.54, 1.807) is 6.92 Å². The lowest BCUT2D eigenvalue weighted by Crippen LogP contribution is -2.40. The molecule has 0 aromatic rings. The number of hydrogen-bond acceptors (Lipinski definition) is 3. The van der Waals surface area contributed by atoms with Crippen molar-refractivity contribution in [1.82, 2.24) is 9.80 Å². The monoisotopic (exact) mass is 254 g/mol. The second-order valence-electron chi connectivity index (χ2n) is 5.87. The number of rotatable bonds is 4. The lowest BCUT2D eigenvalue weighted by molar-refractivity contribution is -0.128. The van der Waals surface area contributed by atoms with E-state index in [9.17, 15) is 4.79 Å². The van der Waals surface area contributed by atoms with Crippen LogP contribution < -0.4 is 0 Å². The number of hydrogen-bond donors (Lipinski definition) is 0. The van der Waals surface area contributed by atoms with Gasteiger partial charge in [0.2, 0.25) is 5.91 Å². The molecular formula is C14H26N2O2. The summed E-state index contributed by atoms with van der Waals surface area (Å²) in [4.78, 5) is 15.6. The van der Waals surface area contributed by atoms with Crippen molar-refractivity contribution < 1.29 is 9.53 Å². The van der Waals surface area contributed by atoms with Gasteiger partial charge >= 0.3 is 0 Å². The summed E-state index contributed by atoms with van der Waals surface area (Å²) in [6, 6.07) is 0. The zero-order valence-electron chi connectivity index (χ0n) is 11.7. The second kappa shape index (κ2) is 6.53. The molecule has 2 saturated heterocycles. The predicted octanol–water partition coefficient (Wildman–Crippen LogP) is 1.21. The Bertz CT molecular complexity index is 269. The maximum Gasteiger partial charge on any atom is 0.219 e. The lowest BCUT2D eigenvalue weighted by Gasteiger charge is -2.34. The minimum Gasteiger partial charge on any atom is -0.381 e. The summed E-state index contributed by atoms with van der Waals surface area (Å²) in [5.74, 6) is 1.62. The Morgan fingerprint density at radius 2 is 2.00 bits per heavy atom. The van der Waals surface area contributed by atoms with Gasteiger partial charge in [-0.05, 0) is 44.2 Å². The Morgan fingerprint density at radius 3 is 2.56 bits per heavy atom. The van der Waals surface area contributed by atoms with Crippen molar-refractivity contribution in [1.29, 1.82) is 0 Å². The number of carbonyl (C=O) groups is 1. The second-order valence-corrected chi connectivity index (χ2v) is 5.87. The topological polar surface area (TPSA) is 32.8 Å².